The van der Waals surface area contributed by atoms with Crippen molar-refractivity contribution in [1.82, 2.24) is 4.90 Å². The molecule has 1 spiro atoms. The lowest BCUT2D eigenvalue weighted by Crippen LogP contribution is -2.76. The number of Topliss-reactive ketones (excluding diaryl/α,β-unsaturated/α-hetero) is 1. The number of carboxylic acids is 1. The van der Waals surface area contributed by atoms with Crippen LogP contribution in [0.4, 0.5) is 4.79 Å². The van der Waals surface area contributed by atoms with E-state index in [0.717, 1.165) is 30.5 Å². The summed E-state index contributed by atoms with van der Waals surface area (Å²) < 4.78 is 5.94. The minimum absolute atomic E-state index is 0.00319. The number of ether oxygens (including phenoxy) is 1. The SMILES string of the molecule is CCC(C)C(N)C(=O)O.CN1CC[C@]23c4c5ccc(O)c4O[C@H]2C(=O)CC[C@@]3(O)[C@H]1C5.NC(=O)O. The Labute approximate surface area is 203 Å². The summed E-state index contributed by atoms with van der Waals surface area (Å²) >= 11 is 0. The lowest BCUT2D eigenvalue weighted by molar-refractivity contribution is -0.185. The molecule has 6 atom stereocenters. The molecule has 2 bridgehead atoms. The van der Waals surface area contributed by atoms with Gasteiger partial charge in [0.2, 0.25) is 0 Å². The monoisotopic (exact) mass is 493 g/mol. The van der Waals surface area contributed by atoms with Gasteiger partial charge in [-0.05, 0) is 50.4 Å². The smallest absolute Gasteiger partial charge is 0.402 e. The second-order valence-electron chi connectivity index (χ2n) is 9.85. The molecular weight excluding hydrogens is 458 g/mol. The van der Waals surface area contributed by atoms with Gasteiger partial charge in [0.25, 0.3) is 0 Å². The van der Waals surface area contributed by atoms with Crippen LogP contribution in [0.1, 0.15) is 50.7 Å². The lowest BCUT2D eigenvalue weighted by Gasteiger charge is -2.61. The average Bonchev–Trinajstić information content (AvgIpc) is 3.15. The molecule has 1 saturated carbocycles. The molecule has 1 amide bonds. The number of aliphatic hydroxyl groups is 1. The highest BCUT2D eigenvalue weighted by Gasteiger charge is 2.72. The molecule has 1 aromatic rings. The van der Waals surface area contributed by atoms with Gasteiger partial charge in [0.15, 0.2) is 23.4 Å². The van der Waals surface area contributed by atoms with Crippen molar-refractivity contribution >= 4 is 17.8 Å². The number of amides is 1. The quantitative estimate of drug-likeness (QED) is 0.350. The van der Waals surface area contributed by atoms with Crippen molar-refractivity contribution < 1.29 is 39.5 Å². The van der Waals surface area contributed by atoms with E-state index in [4.69, 9.17) is 25.5 Å². The van der Waals surface area contributed by atoms with Crippen LogP contribution < -0.4 is 16.2 Å². The number of nitrogens with two attached hydrogens (primary N) is 2. The van der Waals surface area contributed by atoms with Crippen molar-refractivity contribution in [2.45, 2.75) is 75.2 Å². The number of nitrogens with zero attached hydrogens (tertiary/aromatic N) is 1. The summed E-state index contributed by atoms with van der Waals surface area (Å²) in [5.74, 6) is -0.280. The minimum atomic E-state index is -1.33. The molecule has 2 heterocycles. The van der Waals surface area contributed by atoms with E-state index in [9.17, 15) is 19.8 Å². The normalized spacial score (nSPS) is 31.4. The third kappa shape index (κ3) is 4.21. The lowest BCUT2D eigenvalue weighted by atomic mass is 9.49. The fraction of sp³-hybridized carbons (Fsp3) is 0.625. The van der Waals surface area contributed by atoms with Gasteiger partial charge < -0.3 is 41.5 Å². The van der Waals surface area contributed by atoms with Crippen LogP contribution in [-0.2, 0) is 21.4 Å². The van der Waals surface area contributed by atoms with Crippen molar-refractivity contribution in [3.05, 3.63) is 23.3 Å². The Balaban J connectivity index is 0.000000222. The number of benzene rings is 1. The third-order valence-corrected chi connectivity index (χ3v) is 8.07. The molecule has 1 aromatic carbocycles. The number of rotatable bonds is 3. The second-order valence-corrected chi connectivity index (χ2v) is 9.85. The van der Waals surface area contributed by atoms with Gasteiger partial charge in [0.1, 0.15) is 6.04 Å². The van der Waals surface area contributed by atoms with Crippen LogP contribution in [0.15, 0.2) is 12.1 Å². The first kappa shape index (κ1) is 26.7. The molecule has 194 valence electrons. The molecule has 11 nitrogen and oxygen atoms in total. The van der Waals surface area contributed by atoms with Gasteiger partial charge in [-0.3, -0.25) is 9.59 Å². The van der Waals surface area contributed by atoms with Crippen molar-refractivity contribution in [2.24, 2.45) is 17.4 Å². The molecule has 0 radical (unpaired) electrons. The maximum atomic E-state index is 12.5. The fourth-order valence-electron chi connectivity index (χ4n) is 6.03. The zero-order valence-electron chi connectivity index (χ0n) is 20.2. The Kier molecular flexibility index (Phi) is 7.35. The Morgan fingerprint density at radius 1 is 1.29 bits per heavy atom. The third-order valence-electron chi connectivity index (χ3n) is 8.07. The van der Waals surface area contributed by atoms with Crippen LogP contribution in [0.25, 0.3) is 0 Å². The summed E-state index contributed by atoms with van der Waals surface area (Å²) in [7, 11) is 2.04. The van der Waals surface area contributed by atoms with Gasteiger partial charge in [0.05, 0.1) is 11.0 Å². The first-order valence-electron chi connectivity index (χ1n) is 11.8. The number of likely N-dealkylation sites (tertiary alicyclic amines) is 1. The van der Waals surface area contributed by atoms with E-state index in [-0.39, 0.29) is 23.5 Å². The largest absolute Gasteiger partial charge is 0.504 e. The number of carbonyl (C=O) groups excluding carboxylic acids is 1. The minimum Gasteiger partial charge on any atom is -0.504 e. The van der Waals surface area contributed by atoms with Crippen molar-refractivity contribution in [1.29, 1.82) is 0 Å². The predicted molar refractivity (Wildman–Crippen MR) is 125 cm³/mol. The van der Waals surface area contributed by atoms with E-state index < -0.39 is 35.2 Å². The summed E-state index contributed by atoms with van der Waals surface area (Å²) in [5, 5.41) is 37.4. The average molecular weight is 494 g/mol. The standard InChI is InChI=1S/C17H19NO4.C6H13NO2.CH3NO2/c1-18-7-6-16-13-9-2-3-10(19)14(13)22-15(16)11(20)4-5-17(16,21)12(18)8-9;1-3-4(2)5(7)6(8)9;2-1(3)4/h2-3,12,15,19,21H,4-8H2,1H3;4-5H,3,7H2,1-2H3,(H,8,9);2H2,(H,3,4)/t12-,15+,16+,17-;;/m1../s1. The van der Waals surface area contributed by atoms with Gasteiger partial charge in [-0.15, -0.1) is 0 Å². The maximum absolute atomic E-state index is 12.5. The second kappa shape index (κ2) is 9.63. The van der Waals surface area contributed by atoms with E-state index in [1.54, 1.807) is 6.07 Å². The number of phenolic OH excluding ortho intramolecular Hbond substituents is 1. The topological polar surface area (TPSA) is 197 Å². The highest BCUT2D eigenvalue weighted by Crippen LogP contribution is 2.64. The molecular formula is C24H35N3O8. The van der Waals surface area contributed by atoms with E-state index in [1.165, 1.54) is 0 Å². The van der Waals surface area contributed by atoms with Crippen LogP contribution in [0, 0.1) is 5.92 Å². The highest BCUT2D eigenvalue weighted by atomic mass is 16.5. The molecule has 2 aliphatic heterocycles. The van der Waals surface area contributed by atoms with E-state index in [0.29, 0.717) is 25.0 Å². The van der Waals surface area contributed by atoms with Gasteiger partial charge in [-0.1, -0.05) is 26.3 Å². The zero-order valence-corrected chi connectivity index (χ0v) is 20.2. The Hall–Kier alpha value is -2.89. The number of ketones is 1. The van der Waals surface area contributed by atoms with Crippen LogP contribution in [0.5, 0.6) is 11.5 Å². The number of hydrogen-bond acceptors (Lipinski definition) is 8. The molecule has 1 saturated heterocycles. The van der Waals surface area contributed by atoms with E-state index in [2.05, 4.69) is 10.6 Å². The number of carboxylic acid groups (broad SMARTS) is 2. The molecule has 35 heavy (non-hydrogen) atoms. The number of phenols is 1. The van der Waals surface area contributed by atoms with Gasteiger partial charge in [-0.25, -0.2) is 4.79 Å². The summed E-state index contributed by atoms with van der Waals surface area (Å²) in [5.41, 5.74) is 9.67. The van der Waals surface area contributed by atoms with Gasteiger partial charge >= 0.3 is 12.1 Å². The molecule has 2 aliphatic carbocycles. The molecule has 8 N–H and O–H groups in total. The number of piperidine rings is 1. The molecule has 2 fully saturated rings. The van der Waals surface area contributed by atoms with Crippen LogP contribution in [0.3, 0.4) is 0 Å². The van der Waals surface area contributed by atoms with Crippen molar-refractivity contribution in [3.63, 3.8) is 0 Å². The summed E-state index contributed by atoms with van der Waals surface area (Å²) in [6.45, 7) is 4.58. The zero-order chi connectivity index (χ0) is 26.3. The first-order chi connectivity index (χ1) is 16.3. The highest BCUT2D eigenvalue weighted by molar-refractivity contribution is 5.90. The Bertz CT molecular complexity index is 1010. The number of primary amides is 1. The number of aliphatic carboxylic acids is 1. The van der Waals surface area contributed by atoms with Crippen LogP contribution in [0.2, 0.25) is 0 Å². The number of aromatic hydroxyl groups is 1. The molecule has 4 aliphatic rings. The van der Waals surface area contributed by atoms with Crippen LogP contribution in [-0.4, -0.2) is 80.6 Å². The Morgan fingerprint density at radius 3 is 2.46 bits per heavy atom. The van der Waals surface area contributed by atoms with E-state index in [1.807, 2.05) is 27.0 Å². The van der Waals surface area contributed by atoms with Gasteiger partial charge in [-0.2, -0.15) is 0 Å². The number of hydrogen-bond donors (Lipinski definition) is 6. The molecule has 11 heteroatoms. The summed E-state index contributed by atoms with van der Waals surface area (Å²) in [6, 6.07) is 2.87. The predicted octanol–water partition coefficient (Wildman–Crippen LogP) is 0.813. The van der Waals surface area contributed by atoms with E-state index >= 15 is 0 Å². The summed E-state index contributed by atoms with van der Waals surface area (Å²) in [4.78, 5) is 33.7. The van der Waals surface area contributed by atoms with Crippen molar-refractivity contribution in [3.8, 4) is 11.5 Å². The van der Waals surface area contributed by atoms with Gasteiger partial charge in [0, 0.05) is 18.0 Å². The first-order valence-corrected chi connectivity index (χ1v) is 11.8. The summed E-state index contributed by atoms with van der Waals surface area (Å²) in [6.07, 6.45) is 1.09. The molecule has 5 rings (SSSR count). The van der Waals surface area contributed by atoms with Crippen LogP contribution >= 0.6 is 0 Å². The molecule has 0 aromatic heterocycles. The number of likely N-dealkylation sites (N-methyl/N-ethyl adjacent to an activating group) is 1. The molecule has 2 unspecified atom stereocenters. The Morgan fingerprint density at radius 2 is 1.91 bits per heavy atom. The number of carbonyl (C=O) groups is 3. The maximum Gasteiger partial charge on any atom is 0.402 e. The fourth-order valence-corrected chi connectivity index (χ4v) is 6.03. The van der Waals surface area contributed by atoms with Crippen molar-refractivity contribution in [2.75, 3.05) is 13.6 Å².